The van der Waals surface area contributed by atoms with Crippen LogP contribution in [0.5, 0.6) is 0 Å². The first kappa shape index (κ1) is 27.3. The second-order valence-corrected chi connectivity index (χ2v) is 10.6. The lowest BCUT2D eigenvalue weighted by molar-refractivity contribution is -0.355. The summed E-state index contributed by atoms with van der Waals surface area (Å²) in [7, 11) is 0. The summed E-state index contributed by atoms with van der Waals surface area (Å²) >= 11 is 0. The molecule has 1 aromatic carbocycles. The lowest BCUT2D eigenvalue weighted by Crippen LogP contribution is -2.52. The van der Waals surface area contributed by atoms with E-state index in [-0.39, 0.29) is 0 Å². The molecule has 0 heterocycles. The molecular formula is C27H37F7. The molecule has 0 atom stereocenters. The lowest BCUT2D eigenvalue weighted by Gasteiger charge is -2.38. The number of benzene rings is 1. The van der Waals surface area contributed by atoms with E-state index in [1.54, 1.807) is 12.1 Å². The first-order valence-corrected chi connectivity index (χ1v) is 12.9. The first-order chi connectivity index (χ1) is 15.9. The van der Waals surface area contributed by atoms with E-state index < -0.39 is 30.9 Å². The van der Waals surface area contributed by atoms with Crippen LogP contribution in [0.15, 0.2) is 24.3 Å². The molecule has 1 aromatic rings. The zero-order valence-electron chi connectivity index (χ0n) is 20.0. The second-order valence-electron chi connectivity index (χ2n) is 10.6. The molecule has 2 aliphatic rings. The van der Waals surface area contributed by atoms with Gasteiger partial charge >= 0.3 is 18.0 Å². The summed E-state index contributed by atoms with van der Waals surface area (Å²) in [5.41, 5.74) is 1.44. The number of rotatable bonds is 9. The SMILES string of the molecule is CCCCC1CCC(C2CCC(c3ccc(CCC(F)(F)C(F)(F)C(F)(F)F)cc3)CC2)CC1. The van der Waals surface area contributed by atoms with Crippen LogP contribution in [0.4, 0.5) is 30.7 Å². The summed E-state index contributed by atoms with van der Waals surface area (Å²) in [6.07, 6.45) is 5.56. The Morgan fingerprint density at radius 3 is 1.76 bits per heavy atom. The van der Waals surface area contributed by atoms with Gasteiger partial charge in [-0.2, -0.15) is 30.7 Å². The molecule has 0 aliphatic heterocycles. The van der Waals surface area contributed by atoms with Gasteiger partial charge in [-0.3, -0.25) is 0 Å². The van der Waals surface area contributed by atoms with Crippen LogP contribution in [0.2, 0.25) is 0 Å². The molecule has 0 saturated heterocycles. The van der Waals surface area contributed by atoms with E-state index in [0.717, 1.165) is 36.2 Å². The van der Waals surface area contributed by atoms with E-state index in [0.29, 0.717) is 11.5 Å². The molecule has 2 saturated carbocycles. The van der Waals surface area contributed by atoms with Crippen LogP contribution in [0.25, 0.3) is 0 Å². The normalized spacial score (nSPS) is 27.1. The highest BCUT2D eigenvalue weighted by molar-refractivity contribution is 5.26. The van der Waals surface area contributed by atoms with Gasteiger partial charge in [0.25, 0.3) is 0 Å². The van der Waals surface area contributed by atoms with Crippen LogP contribution >= 0.6 is 0 Å². The molecule has 3 rings (SSSR count). The molecule has 2 fully saturated rings. The third kappa shape index (κ3) is 6.48. The summed E-state index contributed by atoms with van der Waals surface area (Å²) in [6.45, 7) is 2.25. The van der Waals surface area contributed by atoms with E-state index in [4.69, 9.17) is 0 Å². The predicted octanol–water partition coefficient (Wildman–Crippen LogP) is 9.72. The van der Waals surface area contributed by atoms with Gasteiger partial charge in [-0.15, -0.1) is 0 Å². The molecule has 2 aliphatic carbocycles. The Bertz CT molecular complexity index is 737. The van der Waals surface area contributed by atoms with Crippen LogP contribution < -0.4 is 0 Å². The van der Waals surface area contributed by atoms with Crippen LogP contribution in [-0.2, 0) is 6.42 Å². The van der Waals surface area contributed by atoms with Gasteiger partial charge in [0.15, 0.2) is 0 Å². The average molecular weight is 495 g/mol. The maximum atomic E-state index is 13.5. The van der Waals surface area contributed by atoms with Gasteiger partial charge in [0, 0.05) is 6.42 Å². The Morgan fingerprint density at radius 1 is 0.735 bits per heavy atom. The smallest absolute Gasteiger partial charge is 0.199 e. The van der Waals surface area contributed by atoms with Crippen molar-refractivity contribution in [3.63, 3.8) is 0 Å². The molecule has 7 heteroatoms. The average Bonchev–Trinajstić information content (AvgIpc) is 2.81. The molecule has 194 valence electrons. The standard InChI is InChI=1S/C27H37F7/c1-2-3-4-19-5-9-21(10-6-19)23-13-15-24(16-14-23)22-11-7-20(8-12-22)17-18-25(28,29)26(30,31)27(32,33)34/h7-8,11-12,19,21,23-24H,2-6,9-10,13-18H2,1H3. The van der Waals surface area contributed by atoms with Crippen LogP contribution in [0.1, 0.15) is 101 Å². The number of halogens is 7. The third-order valence-electron chi connectivity index (χ3n) is 8.29. The Morgan fingerprint density at radius 2 is 1.26 bits per heavy atom. The van der Waals surface area contributed by atoms with Crippen LogP contribution in [0.3, 0.4) is 0 Å². The zero-order chi connectivity index (χ0) is 25.0. The highest BCUT2D eigenvalue weighted by Crippen LogP contribution is 2.48. The van der Waals surface area contributed by atoms with Crippen molar-refractivity contribution in [3.05, 3.63) is 35.4 Å². The lowest BCUT2D eigenvalue weighted by atomic mass is 9.68. The van der Waals surface area contributed by atoms with E-state index in [1.165, 1.54) is 57.8 Å². The minimum absolute atomic E-state index is 0.343. The van der Waals surface area contributed by atoms with Crippen LogP contribution in [0, 0.1) is 17.8 Å². The van der Waals surface area contributed by atoms with Crippen molar-refractivity contribution in [1.82, 2.24) is 0 Å². The highest BCUT2D eigenvalue weighted by atomic mass is 19.4. The summed E-state index contributed by atoms with van der Waals surface area (Å²) in [6, 6.07) is 6.81. The number of unbranched alkanes of at least 4 members (excludes halogenated alkanes) is 1. The fourth-order valence-electron chi connectivity index (χ4n) is 5.99. The van der Waals surface area contributed by atoms with Crippen molar-refractivity contribution >= 4 is 0 Å². The van der Waals surface area contributed by atoms with Gasteiger partial charge in [0.1, 0.15) is 0 Å². The molecule has 0 radical (unpaired) electrons. The highest BCUT2D eigenvalue weighted by Gasteiger charge is 2.72. The number of aryl methyl sites for hydroxylation is 1. The molecule has 0 aromatic heterocycles. The van der Waals surface area contributed by atoms with E-state index in [2.05, 4.69) is 6.92 Å². The molecule has 0 unspecified atom stereocenters. The molecule has 0 amide bonds. The minimum atomic E-state index is -6.27. The van der Waals surface area contributed by atoms with E-state index in [9.17, 15) is 30.7 Å². The molecule has 0 spiro atoms. The van der Waals surface area contributed by atoms with E-state index >= 15 is 0 Å². The molecule has 0 nitrogen and oxygen atoms in total. The fourth-order valence-corrected chi connectivity index (χ4v) is 5.99. The third-order valence-corrected chi connectivity index (χ3v) is 8.29. The van der Waals surface area contributed by atoms with Gasteiger partial charge in [0.2, 0.25) is 0 Å². The summed E-state index contributed by atoms with van der Waals surface area (Å²) < 4.78 is 90.1. The van der Waals surface area contributed by atoms with Crippen molar-refractivity contribution in [2.45, 2.75) is 114 Å². The monoisotopic (exact) mass is 494 g/mol. The Balaban J connectivity index is 1.45. The number of hydrogen-bond donors (Lipinski definition) is 0. The Hall–Kier alpha value is -1.27. The van der Waals surface area contributed by atoms with Gasteiger partial charge in [-0.05, 0) is 79.7 Å². The molecule has 34 heavy (non-hydrogen) atoms. The maximum Gasteiger partial charge on any atom is 0.459 e. The molecule has 0 N–H and O–H groups in total. The van der Waals surface area contributed by atoms with Gasteiger partial charge in [-0.25, -0.2) is 0 Å². The maximum absolute atomic E-state index is 13.5. The molecular weight excluding hydrogens is 457 g/mol. The number of alkyl halides is 7. The largest absolute Gasteiger partial charge is 0.459 e. The Kier molecular flexibility index (Phi) is 9.00. The van der Waals surface area contributed by atoms with Gasteiger partial charge in [0.05, 0.1) is 0 Å². The zero-order valence-corrected chi connectivity index (χ0v) is 20.0. The summed E-state index contributed by atoms with van der Waals surface area (Å²) in [5.74, 6) is -8.27. The summed E-state index contributed by atoms with van der Waals surface area (Å²) in [5, 5.41) is 0. The van der Waals surface area contributed by atoms with Crippen molar-refractivity contribution in [1.29, 1.82) is 0 Å². The second kappa shape index (κ2) is 11.2. The first-order valence-electron chi connectivity index (χ1n) is 12.9. The summed E-state index contributed by atoms with van der Waals surface area (Å²) in [4.78, 5) is 0. The van der Waals surface area contributed by atoms with E-state index in [1.807, 2.05) is 12.1 Å². The van der Waals surface area contributed by atoms with Gasteiger partial charge < -0.3 is 0 Å². The topological polar surface area (TPSA) is 0 Å². The predicted molar refractivity (Wildman–Crippen MR) is 120 cm³/mol. The van der Waals surface area contributed by atoms with Crippen molar-refractivity contribution < 1.29 is 30.7 Å². The minimum Gasteiger partial charge on any atom is -0.199 e. The Labute approximate surface area is 198 Å². The molecule has 0 bridgehead atoms. The number of hydrogen-bond acceptors (Lipinski definition) is 0. The van der Waals surface area contributed by atoms with Crippen LogP contribution in [-0.4, -0.2) is 18.0 Å². The van der Waals surface area contributed by atoms with Crippen molar-refractivity contribution in [2.75, 3.05) is 0 Å². The quantitative estimate of drug-likeness (QED) is 0.300. The fraction of sp³-hybridized carbons (Fsp3) is 0.778. The van der Waals surface area contributed by atoms with Crippen molar-refractivity contribution in [3.8, 4) is 0 Å². The van der Waals surface area contributed by atoms with Gasteiger partial charge in [-0.1, -0.05) is 63.3 Å². The van der Waals surface area contributed by atoms with Crippen molar-refractivity contribution in [2.24, 2.45) is 17.8 Å².